The Morgan fingerprint density at radius 1 is 1.50 bits per heavy atom. The maximum absolute atomic E-state index is 13.5. The van der Waals surface area contributed by atoms with Gasteiger partial charge in [-0.05, 0) is 18.6 Å². The smallest absolute Gasteiger partial charge is 0.257 e. The third-order valence-corrected chi connectivity index (χ3v) is 2.38. The monoisotopic (exact) mass is 291 g/mol. The molecule has 0 radical (unpaired) electrons. The van der Waals surface area contributed by atoms with Crippen molar-refractivity contribution in [3.8, 4) is 0 Å². The molecule has 1 atom stereocenters. The summed E-state index contributed by atoms with van der Waals surface area (Å²) in [6.45, 7) is 3.62. The molecule has 1 aromatic rings. The van der Waals surface area contributed by atoms with Gasteiger partial charge in [0.1, 0.15) is 17.2 Å². The van der Waals surface area contributed by atoms with E-state index in [0.29, 0.717) is 6.54 Å². The molecule has 0 saturated carbocycles. The van der Waals surface area contributed by atoms with E-state index < -0.39 is 23.1 Å². The van der Waals surface area contributed by atoms with Crippen LogP contribution >= 0.6 is 15.9 Å². The average molecular weight is 292 g/mol. The quantitative estimate of drug-likeness (QED) is 0.853. The van der Waals surface area contributed by atoms with Gasteiger partial charge in [-0.2, -0.15) is 0 Å². The van der Waals surface area contributed by atoms with Crippen molar-refractivity contribution in [2.75, 3.05) is 6.54 Å². The van der Waals surface area contributed by atoms with Gasteiger partial charge in [0, 0.05) is 11.4 Å². The molecule has 1 aromatic carbocycles. The lowest BCUT2D eigenvalue weighted by Gasteiger charge is -2.09. The Labute approximate surface area is 101 Å². The van der Waals surface area contributed by atoms with Crippen molar-refractivity contribution in [3.05, 3.63) is 34.9 Å². The summed E-state index contributed by atoms with van der Waals surface area (Å²) >= 11 is 3.22. The molecule has 0 heterocycles. The predicted octanol–water partition coefficient (Wildman–Crippen LogP) is 2.79. The van der Waals surface area contributed by atoms with Gasteiger partial charge in [-0.15, -0.1) is 0 Å². The van der Waals surface area contributed by atoms with Crippen LogP contribution in [-0.2, 0) is 0 Å². The van der Waals surface area contributed by atoms with E-state index in [1.807, 2.05) is 6.92 Å². The number of carbonyl (C=O) groups excluding carboxylic acids is 1. The minimum Gasteiger partial charge on any atom is -0.351 e. The first-order valence-electron chi connectivity index (χ1n) is 4.80. The molecule has 0 aromatic heterocycles. The van der Waals surface area contributed by atoms with Crippen molar-refractivity contribution >= 4 is 21.8 Å². The lowest BCUT2D eigenvalue weighted by Crippen LogP contribution is -2.30. The summed E-state index contributed by atoms with van der Waals surface area (Å²) in [5.41, 5.74) is -0.272. The van der Waals surface area contributed by atoms with E-state index in [4.69, 9.17) is 0 Å². The molecule has 0 aliphatic heterocycles. The Bertz CT molecular complexity index is 407. The van der Waals surface area contributed by atoms with Gasteiger partial charge >= 0.3 is 0 Å². The van der Waals surface area contributed by atoms with Crippen molar-refractivity contribution in [3.63, 3.8) is 0 Å². The van der Waals surface area contributed by atoms with Crippen LogP contribution in [0.1, 0.15) is 22.8 Å². The van der Waals surface area contributed by atoms with Crippen molar-refractivity contribution in [2.45, 2.75) is 18.7 Å². The average Bonchev–Trinajstić information content (AvgIpc) is 2.21. The van der Waals surface area contributed by atoms with Crippen LogP contribution in [0.25, 0.3) is 0 Å². The molecule has 1 unspecified atom stereocenters. The molecular weight excluding hydrogens is 280 g/mol. The SMILES string of the molecule is Cc1ccc(F)c(C(=O)NCC(C)Br)c1F. The van der Waals surface area contributed by atoms with Crippen LogP contribution in [0, 0.1) is 18.6 Å². The number of halogens is 3. The molecule has 0 saturated heterocycles. The highest BCUT2D eigenvalue weighted by molar-refractivity contribution is 9.09. The summed E-state index contributed by atoms with van der Waals surface area (Å²) in [6.07, 6.45) is 0. The fourth-order valence-electron chi connectivity index (χ4n) is 1.19. The standard InChI is InChI=1S/C11H12BrF2NO/c1-6-3-4-8(13)9(10(6)14)11(16)15-5-7(2)12/h3-4,7H,5H2,1-2H3,(H,15,16). The maximum Gasteiger partial charge on any atom is 0.257 e. The molecule has 0 bridgehead atoms. The molecule has 1 amide bonds. The first kappa shape index (κ1) is 13.1. The van der Waals surface area contributed by atoms with Crippen molar-refractivity contribution in [1.29, 1.82) is 0 Å². The van der Waals surface area contributed by atoms with E-state index in [9.17, 15) is 13.6 Å². The number of alkyl halides is 1. The number of hydrogen-bond acceptors (Lipinski definition) is 1. The van der Waals surface area contributed by atoms with Gasteiger partial charge in [0.05, 0.1) is 0 Å². The Morgan fingerprint density at radius 3 is 2.69 bits per heavy atom. The fourth-order valence-corrected chi connectivity index (χ4v) is 1.35. The van der Waals surface area contributed by atoms with Gasteiger partial charge in [-0.3, -0.25) is 4.79 Å². The van der Waals surface area contributed by atoms with Crippen LogP contribution in [-0.4, -0.2) is 17.3 Å². The number of carbonyl (C=O) groups is 1. The topological polar surface area (TPSA) is 29.1 Å². The molecular formula is C11H12BrF2NO. The Morgan fingerprint density at radius 2 is 2.12 bits per heavy atom. The van der Waals surface area contributed by atoms with Crippen LogP contribution in [0.15, 0.2) is 12.1 Å². The summed E-state index contributed by atoms with van der Waals surface area (Å²) in [5, 5.41) is 2.44. The molecule has 0 aliphatic carbocycles. The van der Waals surface area contributed by atoms with E-state index in [0.717, 1.165) is 6.07 Å². The highest BCUT2D eigenvalue weighted by Gasteiger charge is 2.18. The minimum atomic E-state index is -0.845. The molecule has 16 heavy (non-hydrogen) atoms. The number of rotatable bonds is 3. The number of nitrogens with one attached hydrogen (secondary N) is 1. The minimum absolute atomic E-state index is 0.0485. The van der Waals surface area contributed by atoms with E-state index in [1.165, 1.54) is 13.0 Å². The third kappa shape index (κ3) is 3.01. The highest BCUT2D eigenvalue weighted by atomic mass is 79.9. The molecule has 0 fully saturated rings. The van der Waals surface area contributed by atoms with Crippen LogP contribution < -0.4 is 5.32 Å². The lowest BCUT2D eigenvalue weighted by molar-refractivity contribution is 0.0945. The van der Waals surface area contributed by atoms with Crippen molar-refractivity contribution in [1.82, 2.24) is 5.32 Å². The predicted molar refractivity (Wildman–Crippen MR) is 61.8 cm³/mol. The molecule has 1 rings (SSSR count). The molecule has 1 N–H and O–H groups in total. The van der Waals surface area contributed by atoms with Crippen LogP contribution in [0.5, 0.6) is 0 Å². The van der Waals surface area contributed by atoms with Gasteiger partial charge in [0.2, 0.25) is 0 Å². The molecule has 0 spiro atoms. The largest absolute Gasteiger partial charge is 0.351 e. The van der Waals surface area contributed by atoms with Crippen LogP contribution in [0.4, 0.5) is 8.78 Å². The van der Waals surface area contributed by atoms with Gasteiger partial charge in [0.15, 0.2) is 0 Å². The summed E-state index contributed by atoms with van der Waals surface area (Å²) in [6, 6.07) is 2.39. The first-order chi connectivity index (χ1) is 7.43. The molecule has 88 valence electrons. The second-order valence-corrected chi connectivity index (χ2v) is 5.11. The molecule has 5 heteroatoms. The summed E-state index contributed by atoms with van der Waals surface area (Å²) in [7, 11) is 0. The van der Waals surface area contributed by atoms with Gasteiger partial charge < -0.3 is 5.32 Å². The number of aryl methyl sites for hydroxylation is 1. The van der Waals surface area contributed by atoms with E-state index >= 15 is 0 Å². The van der Waals surface area contributed by atoms with E-state index in [-0.39, 0.29) is 10.4 Å². The Hall–Kier alpha value is -0.970. The van der Waals surface area contributed by atoms with Gasteiger partial charge in [-0.1, -0.05) is 28.9 Å². The normalized spacial score (nSPS) is 12.3. The van der Waals surface area contributed by atoms with Crippen LogP contribution in [0.2, 0.25) is 0 Å². The second-order valence-electron chi connectivity index (χ2n) is 3.54. The van der Waals surface area contributed by atoms with Crippen LogP contribution in [0.3, 0.4) is 0 Å². The molecule has 0 aliphatic rings. The zero-order chi connectivity index (χ0) is 12.3. The first-order valence-corrected chi connectivity index (χ1v) is 5.72. The second kappa shape index (κ2) is 5.39. The van der Waals surface area contributed by atoms with E-state index in [1.54, 1.807) is 0 Å². The van der Waals surface area contributed by atoms with Crippen molar-refractivity contribution < 1.29 is 13.6 Å². The lowest BCUT2D eigenvalue weighted by atomic mass is 10.1. The van der Waals surface area contributed by atoms with Gasteiger partial charge in [-0.25, -0.2) is 8.78 Å². The van der Waals surface area contributed by atoms with E-state index in [2.05, 4.69) is 21.2 Å². The Kier molecular flexibility index (Phi) is 4.41. The third-order valence-electron chi connectivity index (χ3n) is 2.06. The maximum atomic E-state index is 13.5. The Balaban J connectivity index is 2.95. The highest BCUT2D eigenvalue weighted by Crippen LogP contribution is 2.16. The number of amides is 1. The van der Waals surface area contributed by atoms with Gasteiger partial charge in [0.25, 0.3) is 5.91 Å². The summed E-state index contributed by atoms with van der Waals surface area (Å²) in [4.78, 5) is 11.6. The summed E-state index contributed by atoms with van der Waals surface area (Å²) in [5.74, 6) is -2.38. The zero-order valence-corrected chi connectivity index (χ0v) is 10.6. The van der Waals surface area contributed by atoms with Crippen molar-refractivity contribution in [2.24, 2.45) is 0 Å². The number of benzene rings is 1. The number of hydrogen-bond donors (Lipinski definition) is 1. The molecule has 2 nitrogen and oxygen atoms in total. The fraction of sp³-hybridized carbons (Fsp3) is 0.364. The summed E-state index contributed by atoms with van der Waals surface area (Å²) < 4.78 is 26.8. The zero-order valence-electron chi connectivity index (χ0n) is 8.98.